The third kappa shape index (κ3) is 1.53. The van der Waals surface area contributed by atoms with Gasteiger partial charge in [0.2, 0.25) is 0 Å². The summed E-state index contributed by atoms with van der Waals surface area (Å²) in [6.07, 6.45) is -1.43. The summed E-state index contributed by atoms with van der Waals surface area (Å²) in [5.41, 5.74) is 2.25. The van der Waals surface area contributed by atoms with Crippen molar-refractivity contribution in [3.05, 3.63) is 23.3 Å². The summed E-state index contributed by atoms with van der Waals surface area (Å²) in [5, 5.41) is 0. The van der Waals surface area contributed by atoms with E-state index < -0.39 is 6.43 Å². The molecule has 0 amide bonds. The Bertz CT molecular complexity index is 365. The van der Waals surface area contributed by atoms with Crippen molar-refractivity contribution >= 4 is 26.4 Å². The van der Waals surface area contributed by atoms with E-state index in [1.54, 1.807) is 6.07 Å². The molecule has 0 bridgehead atoms. The first-order valence-electron chi connectivity index (χ1n) is 4.51. The van der Waals surface area contributed by atoms with Gasteiger partial charge in [0.25, 0.3) is 6.43 Å². The molecule has 1 aromatic carbocycles. The van der Waals surface area contributed by atoms with Gasteiger partial charge in [0, 0.05) is 24.8 Å². The third-order valence-corrected chi connectivity index (χ3v) is 3.15. The molecule has 4 heteroatoms. The summed E-state index contributed by atoms with van der Waals surface area (Å²) in [6, 6.07) is 3.46. The van der Waals surface area contributed by atoms with Crippen molar-refractivity contribution in [2.24, 2.45) is 0 Å². The van der Waals surface area contributed by atoms with Crippen molar-refractivity contribution in [3.63, 3.8) is 0 Å². The monoisotopic (exact) mass is 209 g/mol. The minimum atomic E-state index is -2.39. The van der Waals surface area contributed by atoms with E-state index in [0.717, 1.165) is 18.7 Å². The summed E-state index contributed by atoms with van der Waals surface area (Å²) in [4.78, 5) is 2.02. The zero-order chi connectivity index (χ0) is 10.3. The van der Waals surface area contributed by atoms with Gasteiger partial charge in [-0.15, -0.1) is 4.43 Å². The molecular weight excluding hydrogens is 199 g/mol. The lowest BCUT2D eigenvalue weighted by Gasteiger charge is -2.15. The first-order chi connectivity index (χ1) is 6.59. The minimum absolute atomic E-state index is 0.127. The van der Waals surface area contributed by atoms with Crippen LogP contribution in [-0.4, -0.2) is 29.9 Å². The van der Waals surface area contributed by atoms with Crippen molar-refractivity contribution in [2.75, 3.05) is 18.5 Å². The largest absolute Gasteiger partial charge is 0.374 e. The van der Waals surface area contributed by atoms with Crippen LogP contribution in [0.15, 0.2) is 12.1 Å². The maximum atomic E-state index is 12.6. The van der Waals surface area contributed by atoms with Crippen LogP contribution in [0.25, 0.3) is 0 Å². The SMILES string of the molecule is CN1CCc2c[c]([Al])c(C(F)F)cc21. The average molecular weight is 209 g/mol. The normalized spacial score (nSPS) is 15.0. The highest BCUT2D eigenvalue weighted by Gasteiger charge is 2.19. The Kier molecular flexibility index (Phi) is 2.51. The maximum absolute atomic E-state index is 12.6. The van der Waals surface area contributed by atoms with Crippen molar-refractivity contribution in [3.8, 4) is 0 Å². The molecule has 2 rings (SSSR count). The lowest BCUT2D eigenvalue weighted by atomic mass is 10.1. The molecule has 1 aliphatic heterocycles. The number of rotatable bonds is 1. The summed E-state index contributed by atoms with van der Waals surface area (Å²) < 4.78 is 25.8. The minimum Gasteiger partial charge on any atom is -0.374 e. The average Bonchev–Trinajstić information content (AvgIpc) is 2.46. The first-order valence-corrected chi connectivity index (χ1v) is 5.09. The Morgan fingerprint density at radius 2 is 2.14 bits per heavy atom. The van der Waals surface area contributed by atoms with Crippen LogP contribution in [0.4, 0.5) is 14.5 Å². The summed E-state index contributed by atoms with van der Waals surface area (Å²) in [5.74, 6) is 0. The second-order valence-corrected chi connectivity index (χ2v) is 4.20. The van der Waals surface area contributed by atoms with E-state index in [1.165, 1.54) is 5.56 Å². The van der Waals surface area contributed by atoms with Crippen LogP contribution in [-0.2, 0) is 6.42 Å². The van der Waals surface area contributed by atoms with Crippen molar-refractivity contribution in [1.29, 1.82) is 0 Å². The van der Waals surface area contributed by atoms with Crippen LogP contribution >= 0.6 is 0 Å². The van der Waals surface area contributed by atoms with Gasteiger partial charge in [0.05, 0.1) is 0 Å². The fourth-order valence-corrected chi connectivity index (χ4v) is 2.23. The van der Waals surface area contributed by atoms with E-state index in [0.29, 0.717) is 4.43 Å². The number of nitrogens with zero attached hydrogens (tertiary/aromatic N) is 1. The van der Waals surface area contributed by atoms with Crippen molar-refractivity contribution in [1.82, 2.24) is 0 Å². The standard InChI is InChI=1S/C10H10F2N.Al/c1-13-5-4-7-2-3-8(10(11)12)6-9(7)13;/h2,6,10H,4-5H2,1H3;. The Morgan fingerprint density at radius 3 is 2.79 bits per heavy atom. The van der Waals surface area contributed by atoms with Crippen molar-refractivity contribution in [2.45, 2.75) is 12.8 Å². The summed E-state index contributed by atoms with van der Waals surface area (Å²) >= 11 is 2.38. The third-order valence-electron chi connectivity index (χ3n) is 2.65. The zero-order valence-corrected chi connectivity index (χ0v) is 9.08. The van der Waals surface area contributed by atoms with Gasteiger partial charge in [-0.3, -0.25) is 0 Å². The number of hydrogen-bond donors (Lipinski definition) is 0. The van der Waals surface area contributed by atoms with Gasteiger partial charge >= 0.3 is 0 Å². The quantitative estimate of drug-likeness (QED) is 0.632. The highest BCUT2D eigenvalue weighted by atomic mass is 27.0. The Balaban J connectivity index is 2.51. The molecule has 0 aliphatic carbocycles. The lowest BCUT2D eigenvalue weighted by molar-refractivity contribution is 0.152. The Hall–Kier alpha value is -0.588. The van der Waals surface area contributed by atoms with E-state index in [4.69, 9.17) is 0 Å². The summed E-state index contributed by atoms with van der Waals surface area (Å²) in [7, 11) is 1.93. The Labute approximate surface area is 90.1 Å². The molecule has 2 radical (unpaired) electrons. The molecule has 0 saturated heterocycles. The number of likely N-dealkylation sites (N-methyl/N-ethyl adjacent to an activating group) is 1. The van der Waals surface area contributed by atoms with Crippen LogP contribution in [0.5, 0.6) is 0 Å². The van der Waals surface area contributed by atoms with Gasteiger partial charge < -0.3 is 4.90 Å². The topological polar surface area (TPSA) is 3.24 Å². The van der Waals surface area contributed by atoms with Gasteiger partial charge in [-0.1, -0.05) is 6.07 Å². The van der Waals surface area contributed by atoms with E-state index >= 15 is 0 Å². The molecule has 0 atom stereocenters. The van der Waals surface area contributed by atoms with E-state index in [-0.39, 0.29) is 5.56 Å². The predicted molar refractivity (Wildman–Crippen MR) is 53.8 cm³/mol. The van der Waals surface area contributed by atoms with Gasteiger partial charge in [-0.05, 0) is 18.1 Å². The van der Waals surface area contributed by atoms with Crippen molar-refractivity contribution < 1.29 is 8.78 Å². The van der Waals surface area contributed by atoms with E-state index in [2.05, 4.69) is 16.3 Å². The fourth-order valence-electron chi connectivity index (χ4n) is 1.82. The number of halogens is 2. The highest BCUT2D eigenvalue weighted by Crippen LogP contribution is 2.29. The molecule has 0 saturated carbocycles. The smallest absolute Gasteiger partial charge is 0.262 e. The first kappa shape index (κ1) is 9.95. The molecule has 0 N–H and O–H groups in total. The number of hydrogen-bond acceptors (Lipinski definition) is 1. The van der Waals surface area contributed by atoms with Crippen LogP contribution < -0.4 is 9.33 Å². The lowest BCUT2D eigenvalue weighted by Crippen LogP contribution is -2.15. The van der Waals surface area contributed by atoms with Gasteiger partial charge in [-0.25, -0.2) is 8.78 Å². The fraction of sp³-hybridized carbons (Fsp3) is 0.400. The van der Waals surface area contributed by atoms with Crippen LogP contribution in [0.1, 0.15) is 17.6 Å². The van der Waals surface area contributed by atoms with Crippen LogP contribution in [0, 0.1) is 0 Å². The molecule has 1 aliphatic rings. The molecule has 0 aromatic heterocycles. The second-order valence-electron chi connectivity index (χ2n) is 3.58. The van der Waals surface area contributed by atoms with Crippen LogP contribution in [0.2, 0.25) is 0 Å². The summed E-state index contributed by atoms with van der Waals surface area (Å²) in [6.45, 7) is 0.923. The number of alkyl halides is 2. The Morgan fingerprint density at radius 1 is 1.43 bits per heavy atom. The van der Waals surface area contributed by atoms with Gasteiger partial charge in [0.15, 0.2) is 16.3 Å². The second kappa shape index (κ2) is 3.53. The number of benzene rings is 1. The predicted octanol–water partition coefficient (Wildman–Crippen LogP) is 1.41. The zero-order valence-electron chi connectivity index (χ0n) is 7.93. The molecule has 1 heterocycles. The molecule has 0 fully saturated rings. The molecule has 1 aromatic rings. The molecule has 0 spiro atoms. The molecule has 72 valence electrons. The maximum Gasteiger partial charge on any atom is 0.262 e. The number of anilines is 1. The number of fused-ring (bicyclic) bond motifs is 1. The van der Waals surface area contributed by atoms with Gasteiger partial charge in [-0.2, -0.15) is 0 Å². The molecular formula is C10H10AlF2N. The molecule has 0 unspecified atom stereocenters. The van der Waals surface area contributed by atoms with E-state index in [9.17, 15) is 8.78 Å². The molecule has 1 nitrogen and oxygen atoms in total. The highest BCUT2D eigenvalue weighted by molar-refractivity contribution is 6.33. The van der Waals surface area contributed by atoms with Gasteiger partial charge in [0.1, 0.15) is 0 Å². The molecule has 14 heavy (non-hydrogen) atoms. The van der Waals surface area contributed by atoms with E-state index in [1.807, 2.05) is 18.0 Å². The van der Waals surface area contributed by atoms with Crippen LogP contribution in [0.3, 0.4) is 0 Å².